The molecule has 0 bridgehead atoms. The number of carbonyl (C=O) groups is 1. The maximum Gasteiger partial charge on any atom is 0.220 e. The first-order valence-corrected chi connectivity index (χ1v) is 7.53. The molecule has 5 heteroatoms. The molecule has 0 aliphatic carbocycles. The topological polar surface area (TPSA) is 73.6 Å². The van der Waals surface area contributed by atoms with Gasteiger partial charge in [0.1, 0.15) is 13.2 Å². The third-order valence-electron chi connectivity index (χ3n) is 3.83. The second kappa shape index (κ2) is 7.31. The Balaban J connectivity index is 1.96. The molecule has 1 aliphatic heterocycles. The summed E-state index contributed by atoms with van der Waals surface area (Å²) in [5, 5.41) is 3.01. The van der Waals surface area contributed by atoms with E-state index in [9.17, 15) is 4.79 Å². The molecule has 1 amide bonds. The highest BCUT2D eigenvalue weighted by Crippen LogP contribution is 2.32. The van der Waals surface area contributed by atoms with Crippen molar-refractivity contribution < 1.29 is 14.3 Å². The van der Waals surface area contributed by atoms with E-state index in [-0.39, 0.29) is 17.9 Å². The molecule has 0 fully saturated rings. The van der Waals surface area contributed by atoms with Gasteiger partial charge in [-0.25, -0.2) is 0 Å². The molecule has 2 atom stereocenters. The van der Waals surface area contributed by atoms with E-state index in [1.807, 2.05) is 25.1 Å². The minimum Gasteiger partial charge on any atom is -0.486 e. The molecule has 0 radical (unpaired) electrons. The van der Waals surface area contributed by atoms with E-state index in [1.165, 1.54) is 0 Å². The molecule has 1 aliphatic rings. The summed E-state index contributed by atoms with van der Waals surface area (Å²) in [6.45, 7) is 5.70. The summed E-state index contributed by atoms with van der Waals surface area (Å²) in [5.41, 5.74) is 6.65. The van der Waals surface area contributed by atoms with Crippen LogP contribution in [0.2, 0.25) is 0 Å². The van der Waals surface area contributed by atoms with Gasteiger partial charge in [-0.15, -0.1) is 0 Å². The third kappa shape index (κ3) is 4.11. The van der Waals surface area contributed by atoms with Crippen molar-refractivity contribution in [3.05, 3.63) is 23.8 Å². The molecule has 2 unspecified atom stereocenters. The number of rotatable bonds is 6. The molecule has 1 aromatic carbocycles. The first-order valence-electron chi connectivity index (χ1n) is 7.53. The predicted octanol–water partition coefficient (Wildman–Crippen LogP) is 2.01. The lowest BCUT2D eigenvalue weighted by atomic mass is 10.0. The summed E-state index contributed by atoms with van der Waals surface area (Å²) in [6.07, 6.45) is 1.39. The van der Waals surface area contributed by atoms with E-state index in [0.29, 0.717) is 26.2 Å². The SMILES string of the molecule is CCC(CN)CC(=O)NC(C)c1ccc2c(c1)OCCO2. The number of nitrogens with one attached hydrogen (secondary N) is 1. The molecule has 21 heavy (non-hydrogen) atoms. The first kappa shape index (κ1) is 15.6. The maximum atomic E-state index is 12.0. The van der Waals surface area contributed by atoms with Gasteiger partial charge in [0.2, 0.25) is 5.91 Å². The van der Waals surface area contributed by atoms with Crippen LogP contribution >= 0.6 is 0 Å². The highest BCUT2D eigenvalue weighted by atomic mass is 16.6. The smallest absolute Gasteiger partial charge is 0.220 e. The highest BCUT2D eigenvalue weighted by molar-refractivity contribution is 5.76. The molecular weight excluding hydrogens is 268 g/mol. The van der Waals surface area contributed by atoms with Crippen LogP contribution in [0.3, 0.4) is 0 Å². The van der Waals surface area contributed by atoms with Crippen LogP contribution in [0.1, 0.15) is 38.3 Å². The second-order valence-corrected chi connectivity index (χ2v) is 5.41. The van der Waals surface area contributed by atoms with E-state index in [1.54, 1.807) is 0 Å². The minimum absolute atomic E-state index is 0.0367. The third-order valence-corrected chi connectivity index (χ3v) is 3.83. The van der Waals surface area contributed by atoms with Crippen molar-refractivity contribution in [1.82, 2.24) is 5.32 Å². The molecule has 1 aromatic rings. The van der Waals surface area contributed by atoms with Gasteiger partial charge in [-0.2, -0.15) is 0 Å². The molecule has 3 N–H and O–H groups in total. The monoisotopic (exact) mass is 292 g/mol. The summed E-state index contributed by atoms with van der Waals surface area (Å²) in [6, 6.07) is 5.71. The molecule has 116 valence electrons. The number of hydrogen-bond acceptors (Lipinski definition) is 4. The van der Waals surface area contributed by atoms with E-state index >= 15 is 0 Å². The Labute approximate surface area is 125 Å². The van der Waals surface area contributed by atoms with Gasteiger partial charge < -0.3 is 20.5 Å². The zero-order chi connectivity index (χ0) is 15.2. The van der Waals surface area contributed by atoms with Gasteiger partial charge in [0.15, 0.2) is 11.5 Å². The van der Waals surface area contributed by atoms with Gasteiger partial charge in [0.25, 0.3) is 0 Å². The van der Waals surface area contributed by atoms with Gasteiger partial charge in [0.05, 0.1) is 6.04 Å². The normalized spacial score (nSPS) is 16.1. The fourth-order valence-electron chi connectivity index (χ4n) is 2.37. The van der Waals surface area contributed by atoms with Crippen molar-refractivity contribution in [2.45, 2.75) is 32.7 Å². The van der Waals surface area contributed by atoms with Crippen LogP contribution in [0, 0.1) is 5.92 Å². The number of carbonyl (C=O) groups excluding carboxylic acids is 1. The van der Waals surface area contributed by atoms with Crippen molar-refractivity contribution in [2.24, 2.45) is 11.7 Å². The summed E-state index contributed by atoms with van der Waals surface area (Å²) < 4.78 is 11.1. The van der Waals surface area contributed by atoms with Crippen LogP contribution < -0.4 is 20.5 Å². The molecule has 1 heterocycles. The highest BCUT2D eigenvalue weighted by Gasteiger charge is 2.17. The summed E-state index contributed by atoms with van der Waals surface area (Å²) >= 11 is 0. The molecule has 0 spiro atoms. The van der Waals surface area contributed by atoms with Crippen molar-refractivity contribution in [1.29, 1.82) is 0 Å². The van der Waals surface area contributed by atoms with E-state index in [4.69, 9.17) is 15.2 Å². The van der Waals surface area contributed by atoms with Crippen LogP contribution in [0.4, 0.5) is 0 Å². The van der Waals surface area contributed by atoms with Gasteiger partial charge in [-0.05, 0) is 37.1 Å². The summed E-state index contributed by atoms with van der Waals surface area (Å²) in [5.74, 6) is 1.79. The zero-order valence-corrected chi connectivity index (χ0v) is 12.7. The van der Waals surface area contributed by atoms with Crippen molar-refractivity contribution >= 4 is 5.91 Å². The quantitative estimate of drug-likeness (QED) is 0.841. The predicted molar refractivity (Wildman–Crippen MR) is 81.4 cm³/mol. The average Bonchev–Trinajstić information content (AvgIpc) is 2.52. The fourth-order valence-corrected chi connectivity index (χ4v) is 2.37. The number of benzene rings is 1. The van der Waals surface area contributed by atoms with Crippen LogP contribution in [0.25, 0.3) is 0 Å². The Bertz CT molecular complexity index is 486. The van der Waals surface area contributed by atoms with Crippen molar-refractivity contribution in [3.8, 4) is 11.5 Å². The molecular formula is C16H24N2O3. The Morgan fingerprint density at radius 2 is 2.05 bits per heavy atom. The summed E-state index contributed by atoms with van der Waals surface area (Å²) in [7, 11) is 0. The van der Waals surface area contributed by atoms with Crippen molar-refractivity contribution in [3.63, 3.8) is 0 Å². The van der Waals surface area contributed by atoms with Crippen LogP contribution in [-0.4, -0.2) is 25.7 Å². The Morgan fingerprint density at radius 3 is 2.71 bits per heavy atom. The van der Waals surface area contributed by atoms with Gasteiger partial charge in [0, 0.05) is 6.42 Å². The minimum atomic E-state index is -0.0661. The van der Waals surface area contributed by atoms with E-state index in [0.717, 1.165) is 23.5 Å². The second-order valence-electron chi connectivity index (χ2n) is 5.41. The van der Waals surface area contributed by atoms with Gasteiger partial charge in [-0.1, -0.05) is 19.4 Å². The average molecular weight is 292 g/mol. The standard InChI is InChI=1S/C16H24N2O3/c1-3-12(10-17)8-16(19)18-11(2)13-4-5-14-15(9-13)21-7-6-20-14/h4-5,9,11-12H,3,6-8,10,17H2,1-2H3,(H,18,19). The number of amides is 1. The lowest BCUT2D eigenvalue weighted by Crippen LogP contribution is -2.30. The molecule has 0 aromatic heterocycles. The Hall–Kier alpha value is -1.75. The Morgan fingerprint density at radius 1 is 1.33 bits per heavy atom. The Kier molecular flexibility index (Phi) is 5.44. The molecule has 0 saturated carbocycles. The van der Waals surface area contributed by atoms with Crippen LogP contribution in [-0.2, 0) is 4.79 Å². The van der Waals surface area contributed by atoms with Crippen molar-refractivity contribution in [2.75, 3.05) is 19.8 Å². The van der Waals surface area contributed by atoms with Gasteiger partial charge >= 0.3 is 0 Å². The molecule has 5 nitrogen and oxygen atoms in total. The summed E-state index contributed by atoms with van der Waals surface area (Å²) in [4.78, 5) is 12.0. The fraction of sp³-hybridized carbons (Fsp3) is 0.562. The molecule has 2 rings (SSSR count). The maximum absolute atomic E-state index is 12.0. The largest absolute Gasteiger partial charge is 0.486 e. The lowest BCUT2D eigenvalue weighted by Gasteiger charge is -2.21. The molecule has 0 saturated heterocycles. The number of hydrogen-bond donors (Lipinski definition) is 2. The van der Waals surface area contributed by atoms with Crippen LogP contribution in [0.15, 0.2) is 18.2 Å². The lowest BCUT2D eigenvalue weighted by molar-refractivity contribution is -0.122. The van der Waals surface area contributed by atoms with Crippen LogP contribution in [0.5, 0.6) is 11.5 Å². The van der Waals surface area contributed by atoms with E-state index in [2.05, 4.69) is 12.2 Å². The van der Waals surface area contributed by atoms with Gasteiger partial charge in [-0.3, -0.25) is 4.79 Å². The van der Waals surface area contributed by atoms with E-state index < -0.39 is 0 Å². The number of fused-ring (bicyclic) bond motifs is 1. The first-order chi connectivity index (χ1) is 10.1. The number of nitrogens with two attached hydrogens (primary N) is 1. The number of ether oxygens (including phenoxy) is 2. The zero-order valence-electron chi connectivity index (χ0n) is 12.7.